The maximum Gasteiger partial charge on any atom is 2.00 e. The van der Waals surface area contributed by atoms with Crippen molar-refractivity contribution < 1.29 is 63.7 Å². The van der Waals surface area contributed by atoms with Crippen LogP contribution in [0.25, 0.3) is 44.8 Å². The number of aromatic nitrogens is 2. The van der Waals surface area contributed by atoms with Crippen LogP contribution >= 0.6 is 0 Å². The summed E-state index contributed by atoms with van der Waals surface area (Å²) < 4.78 is 32.0. The van der Waals surface area contributed by atoms with Gasteiger partial charge in [-0.2, -0.15) is 0 Å². The number of carboxylic acids is 2. The monoisotopic (exact) mass is 1220 g/mol. The van der Waals surface area contributed by atoms with Gasteiger partial charge in [-0.05, 0) is 133 Å². The molecule has 16 nitrogen and oxygen atoms in total. The molecule has 9 N–H and O–H groups in total. The molecule has 0 saturated carbocycles. The third-order valence-electron chi connectivity index (χ3n) is 14.0. The number of carbonyl (C=O) groups is 4. The minimum atomic E-state index is -1.39. The van der Waals surface area contributed by atoms with Gasteiger partial charge in [-0.3, -0.25) is 9.59 Å². The van der Waals surface area contributed by atoms with E-state index in [1.54, 1.807) is 48.5 Å². The van der Waals surface area contributed by atoms with Gasteiger partial charge in [0.25, 0.3) is 11.8 Å². The number of aliphatic carboxylic acids is 2. The molecule has 0 unspecified atom stereocenters. The summed E-state index contributed by atoms with van der Waals surface area (Å²) in [6.07, 6.45) is -5.54. The number of nitrogens with two attached hydrogens (primary N) is 1. The van der Waals surface area contributed by atoms with E-state index in [-0.39, 0.29) is 107 Å². The molecule has 4 atom stereocenters. The number of nitrogens with one attached hydrogen (secondary N) is 2. The predicted octanol–water partition coefficient (Wildman–Crippen LogP) is 8.51. The number of anilines is 2. The molecule has 2 aromatic heterocycles. The Hall–Kier alpha value is -7.36. The SMILES string of the molecule is CC(C)c1c(C(=O)Nc2ccccc2)c(-c2ccccc2)c(-c2ccc(F)cc2)n1CC[C@@H](O)C[C@@H](O)CC(=O)[O-].CC(C)c1c(C(=O)Nc2ccccc2)c(-c2ccccc2)c(-c2ccc(F)cc2)n1CC[C@@H](O)C[C@@H](O)CC(=O)[O-].NCCO.[Ca+2]. The summed E-state index contributed by atoms with van der Waals surface area (Å²) in [5.41, 5.74) is 14.2. The predicted molar refractivity (Wildman–Crippen MR) is 331 cm³/mol. The fraction of sp³-hybridized carbons (Fsp3) is 0.294. The van der Waals surface area contributed by atoms with E-state index in [0.717, 1.165) is 22.5 Å². The molecule has 19 heteroatoms. The molecule has 0 spiro atoms. The second kappa shape index (κ2) is 34.8. The van der Waals surface area contributed by atoms with Crippen LogP contribution in [-0.4, -0.2) is 134 Å². The Morgan fingerprint density at radius 2 is 0.782 bits per heavy atom. The van der Waals surface area contributed by atoms with Gasteiger partial charge in [0.1, 0.15) is 11.6 Å². The first-order valence-corrected chi connectivity index (χ1v) is 28.5. The zero-order chi connectivity index (χ0) is 62.5. The molecule has 0 aliphatic heterocycles. The standard InChI is InChI=1S/2C33H35FN2O5.C2H7NO.Ca/c2*1-21(2)31-30(33(41)35-25-11-7-4-8-12-25)29(22-9-5-3-6-10-22)32(23-13-15-24(34)16-14-23)36(31)18-17-26(37)19-27(38)20-28(39)40;3-1-2-4;/h2*3-16,21,26-27,37-38H,17-20H2,1-2H3,(H,35,41)(H,39,40);4H,1-3H2;/q;;;+2/p-2/t2*26-,27-;;/m11../s1. The molecule has 2 amide bonds. The zero-order valence-electron chi connectivity index (χ0n) is 49.3. The van der Waals surface area contributed by atoms with Crippen molar-refractivity contribution in [2.45, 2.75) is 116 Å². The van der Waals surface area contributed by atoms with E-state index in [0.29, 0.717) is 62.7 Å². The minimum Gasteiger partial charge on any atom is -0.550 e. The fourth-order valence-corrected chi connectivity index (χ4v) is 10.4. The Morgan fingerprint density at radius 3 is 1.06 bits per heavy atom. The molecule has 6 aromatic carbocycles. The van der Waals surface area contributed by atoms with Gasteiger partial charge in [-0.15, -0.1) is 0 Å². The first-order chi connectivity index (χ1) is 41.2. The number of carbonyl (C=O) groups excluding carboxylic acids is 4. The molecule has 0 saturated heterocycles. The molecule has 0 fully saturated rings. The van der Waals surface area contributed by atoms with Crippen molar-refractivity contribution in [1.82, 2.24) is 9.13 Å². The van der Waals surface area contributed by atoms with Crippen molar-refractivity contribution in [3.05, 3.63) is 204 Å². The summed E-state index contributed by atoms with van der Waals surface area (Å²) in [6.45, 7) is 8.92. The molecular formula is C68H75CaF2N5O11. The molecule has 2 heterocycles. The molecule has 8 rings (SSSR count). The van der Waals surface area contributed by atoms with Crippen molar-refractivity contribution in [1.29, 1.82) is 0 Å². The number of aliphatic hydroxyl groups excluding tert-OH is 5. The molecule has 0 aliphatic rings. The Labute approximate surface area is 536 Å². The topological polar surface area (TPSA) is 275 Å². The van der Waals surface area contributed by atoms with Gasteiger partial charge >= 0.3 is 37.7 Å². The van der Waals surface area contributed by atoms with Crippen molar-refractivity contribution in [2.75, 3.05) is 23.8 Å². The van der Waals surface area contributed by atoms with Gasteiger partial charge < -0.3 is 70.8 Å². The number of hydrogen-bond donors (Lipinski definition) is 8. The maximum absolute atomic E-state index is 14.0. The molecule has 0 radical (unpaired) electrons. The second-order valence-corrected chi connectivity index (χ2v) is 21.3. The van der Waals surface area contributed by atoms with Crippen LogP contribution in [0, 0.1) is 11.6 Å². The Morgan fingerprint density at radius 1 is 0.483 bits per heavy atom. The van der Waals surface area contributed by atoms with Gasteiger partial charge in [0.15, 0.2) is 0 Å². The fourth-order valence-electron chi connectivity index (χ4n) is 10.4. The van der Waals surface area contributed by atoms with E-state index in [1.807, 2.05) is 134 Å². The Balaban J connectivity index is 0.000000296. The number of benzene rings is 6. The van der Waals surface area contributed by atoms with Gasteiger partial charge in [0.05, 0.1) is 53.5 Å². The summed E-state index contributed by atoms with van der Waals surface area (Å²) >= 11 is 0. The average Bonchev–Trinajstić information content (AvgIpc) is 1.62. The van der Waals surface area contributed by atoms with Crippen LogP contribution in [0.4, 0.5) is 20.2 Å². The zero-order valence-corrected chi connectivity index (χ0v) is 51.5. The number of hydrogen-bond acceptors (Lipinski definition) is 12. The Bertz CT molecular complexity index is 3210. The van der Waals surface area contributed by atoms with Crippen molar-refractivity contribution >= 4 is 72.9 Å². The summed E-state index contributed by atoms with van der Waals surface area (Å²) in [6, 6.07) is 49.4. The summed E-state index contributed by atoms with van der Waals surface area (Å²) in [5.74, 6) is -4.41. The van der Waals surface area contributed by atoms with E-state index in [4.69, 9.17) is 10.8 Å². The van der Waals surface area contributed by atoms with Crippen molar-refractivity contribution in [3.63, 3.8) is 0 Å². The van der Waals surface area contributed by atoms with Gasteiger partial charge in [-0.1, -0.05) is 125 Å². The van der Waals surface area contributed by atoms with Crippen molar-refractivity contribution in [3.8, 4) is 44.8 Å². The number of aliphatic hydroxyl groups is 5. The average molecular weight is 1220 g/mol. The van der Waals surface area contributed by atoms with Crippen LogP contribution < -0.4 is 26.6 Å². The summed E-state index contributed by atoms with van der Waals surface area (Å²) in [7, 11) is 0. The van der Waals surface area contributed by atoms with E-state index in [9.17, 15) is 58.6 Å². The molecule has 0 aliphatic carbocycles. The third kappa shape index (κ3) is 20.1. The number of rotatable bonds is 25. The number of carboxylic acid groups (broad SMARTS) is 2. The second-order valence-electron chi connectivity index (χ2n) is 21.3. The van der Waals surface area contributed by atoms with Gasteiger partial charge in [0.2, 0.25) is 0 Å². The van der Waals surface area contributed by atoms with Crippen LogP contribution in [-0.2, 0) is 22.7 Å². The molecule has 454 valence electrons. The molecular weight excluding hydrogens is 1140 g/mol. The quantitative estimate of drug-likeness (QED) is 0.0250. The van der Waals surface area contributed by atoms with Crippen LogP contribution in [0.2, 0.25) is 0 Å². The van der Waals surface area contributed by atoms with Gasteiger partial charge in [0, 0.05) is 78.3 Å². The smallest absolute Gasteiger partial charge is 0.550 e. The first kappa shape index (κ1) is 70.4. The van der Waals surface area contributed by atoms with E-state index >= 15 is 0 Å². The van der Waals surface area contributed by atoms with E-state index in [1.165, 1.54) is 24.3 Å². The first-order valence-electron chi connectivity index (χ1n) is 28.5. The number of nitrogens with zero attached hydrogens (tertiary/aromatic N) is 2. The summed E-state index contributed by atoms with van der Waals surface area (Å²) in [4.78, 5) is 49.8. The van der Waals surface area contributed by atoms with Crippen LogP contribution in [0.15, 0.2) is 170 Å². The van der Waals surface area contributed by atoms with Crippen LogP contribution in [0.5, 0.6) is 0 Å². The minimum absolute atomic E-state index is 0. The van der Waals surface area contributed by atoms with Gasteiger partial charge in [-0.25, -0.2) is 8.78 Å². The van der Waals surface area contributed by atoms with E-state index in [2.05, 4.69) is 10.6 Å². The number of halogens is 2. The van der Waals surface area contributed by atoms with Crippen LogP contribution in [0.1, 0.15) is 110 Å². The summed E-state index contributed by atoms with van der Waals surface area (Å²) in [5, 5.41) is 77.0. The van der Waals surface area contributed by atoms with Crippen molar-refractivity contribution in [2.24, 2.45) is 5.73 Å². The van der Waals surface area contributed by atoms with E-state index < -0.39 is 60.8 Å². The number of para-hydroxylation sites is 2. The van der Waals surface area contributed by atoms with Crippen LogP contribution in [0.3, 0.4) is 0 Å². The molecule has 0 bridgehead atoms. The molecule has 87 heavy (non-hydrogen) atoms. The largest absolute Gasteiger partial charge is 2.00 e. The third-order valence-corrected chi connectivity index (χ3v) is 14.0. The maximum atomic E-state index is 14.0. The number of amides is 2. The molecule has 8 aromatic rings. The Kier molecular flexibility index (Phi) is 28.2. The normalized spacial score (nSPS) is 12.3.